The highest BCUT2D eigenvalue weighted by Gasteiger charge is 2.32. The Morgan fingerprint density at radius 3 is 2.56 bits per heavy atom. The lowest BCUT2D eigenvalue weighted by molar-refractivity contribution is -0.125. The topological polar surface area (TPSA) is 81.9 Å². The lowest BCUT2D eigenvalue weighted by atomic mass is 10.1. The number of primary amides is 1. The Balaban J connectivity index is 1.77. The highest BCUT2D eigenvalue weighted by Crippen LogP contribution is 2.33. The Kier molecular flexibility index (Phi) is 4.61. The fraction of sp³-hybridized carbons (Fsp3) is 0.263. The number of anilines is 1. The van der Waals surface area contributed by atoms with Crippen molar-refractivity contribution in [3.63, 3.8) is 0 Å². The van der Waals surface area contributed by atoms with Crippen molar-refractivity contribution in [2.75, 3.05) is 18.1 Å². The van der Waals surface area contributed by atoms with Crippen LogP contribution in [0.15, 0.2) is 42.5 Å². The van der Waals surface area contributed by atoms with Crippen molar-refractivity contribution in [1.29, 1.82) is 0 Å². The van der Waals surface area contributed by atoms with Crippen molar-refractivity contribution in [2.24, 2.45) is 5.73 Å². The van der Waals surface area contributed by atoms with Crippen LogP contribution < -0.4 is 20.1 Å². The number of para-hydroxylation sites is 2. The van der Waals surface area contributed by atoms with Crippen LogP contribution in [0.4, 0.5) is 5.69 Å². The van der Waals surface area contributed by atoms with E-state index in [-0.39, 0.29) is 19.1 Å². The summed E-state index contributed by atoms with van der Waals surface area (Å²) in [4.78, 5) is 25.7. The molecule has 6 nitrogen and oxygen atoms in total. The van der Waals surface area contributed by atoms with Gasteiger partial charge in [-0.3, -0.25) is 9.59 Å². The Morgan fingerprint density at radius 2 is 1.88 bits per heavy atom. The molecule has 0 saturated heterocycles. The van der Waals surface area contributed by atoms with Crippen molar-refractivity contribution < 1.29 is 19.1 Å². The maximum atomic E-state index is 12.7. The minimum atomic E-state index is -0.875. The smallest absolute Gasteiger partial charge is 0.265 e. The van der Waals surface area contributed by atoms with E-state index >= 15 is 0 Å². The molecule has 0 fully saturated rings. The molecule has 3 rings (SSSR count). The number of aryl methyl sites for hydroxylation is 2. The van der Waals surface area contributed by atoms with E-state index in [0.717, 1.165) is 11.1 Å². The van der Waals surface area contributed by atoms with Crippen molar-refractivity contribution in [3.8, 4) is 11.5 Å². The third-order valence-electron chi connectivity index (χ3n) is 3.95. The van der Waals surface area contributed by atoms with Crippen LogP contribution in [0, 0.1) is 13.8 Å². The highest BCUT2D eigenvalue weighted by atomic mass is 16.5. The number of amides is 2. The van der Waals surface area contributed by atoms with E-state index in [9.17, 15) is 9.59 Å². The number of fused-ring (bicyclic) bond motifs is 1. The van der Waals surface area contributed by atoms with Gasteiger partial charge < -0.3 is 20.1 Å². The summed E-state index contributed by atoms with van der Waals surface area (Å²) in [7, 11) is 0. The summed E-state index contributed by atoms with van der Waals surface area (Å²) in [6.07, 6.45) is -0.875. The number of hydrogen-bond donors (Lipinski definition) is 1. The van der Waals surface area contributed by atoms with Crippen molar-refractivity contribution >= 4 is 17.5 Å². The summed E-state index contributed by atoms with van der Waals surface area (Å²) >= 11 is 0. The summed E-state index contributed by atoms with van der Waals surface area (Å²) in [5.41, 5.74) is 8.08. The third kappa shape index (κ3) is 3.74. The summed E-state index contributed by atoms with van der Waals surface area (Å²) in [6, 6.07) is 12.8. The second-order valence-corrected chi connectivity index (χ2v) is 6.09. The van der Waals surface area contributed by atoms with Gasteiger partial charge in [0.15, 0.2) is 12.7 Å². The van der Waals surface area contributed by atoms with Crippen molar-refractivity contribution in [3.05, 3.63) is 53.6 Å². The molecule has 6 heteroatoms. The average molecular weight is 340 g/mol. The van der Waals surface area contributed by atoms with Crippen LogP contribution >= 0.6 is 0 Å². The molecule has 0 aromatic heterocycles. The first-order valence-corrected chi connectivity index (χ1v) is 8.00. The van der Waals surface area contributed by atoms with Crippen molar-refractivity contribution in [2.45, 2.75) is 20.0 Å². The Morgan fingerprint density at radius 1 is 1.20 bits per heavy atom. The molecule has 25 heavy (non-hydrogen) atoms. The molecule has 130 valence electrons. The molecule has 0 radical (unpaired) electrons. The van der Waals surface area contributed by atoms with E-state index in [1.807, 2.05) is 32.0 Å². The molecule has 1 atom stereocenters. The number of hydrogen-bond acceptors (Lipinski definition) is 4. The number of rotatable bonds is 4. The number of benzene rings is 2. The summed E-state index contributed by atoms with van der Waals surface area (Å²) in [5, 5.41) is 0. The summed E-state index contributed by atoms with van der Waals surface area (Å²) in [6.45, 7) is 3.87. The number of nitrogens with two attached hydrogens (primary N) is 1. The zero-order valence-electron chi connectivity index (χ0n) is 14.2. The summed E-state index contributed by atoms with van der Waals surface area (Å²) in [5.74, 6) is 0.222. The molecule has 2 aromatic carbocycles. The minimum absolute atomic E-state index is 0.0708. The lowest BCUT2D eigenvalue weighted by Gasteiger charge is -2.33. The number of ether oxygens (including phenoxy) is 2. The highest BCUT2D eigenvalue weighted by molar-refractivity contribution is 5.98. The molecule has 0 spiro atoms. The van der Waals surface area contributed by atoms with E-state index < -0.39 is 12.0 Å². The standard InChI is InChI=1S/C19H20N2O4/c1-12-7-13(2)9-14(8-12)24-11-18(22)21-10-17(19(20)23)25-16-6-4-3-5-15(16)21/h3-9,17H,10-11H2,1-2H3,(H2,20,23). The van der Waals surface area contributed by atoms with Crippen LogP contribution in [0.3, 0.4) is 0 Å². The van der Waals surface area contributed by atoms with E-state index in [4.69, 9.17) is 15.2 Å². The number of nitrogens with zero attached hydrogens (tertiary/aromatic N) is 1. The monoisotopic (exact) mass is 340 g/mol. The Bertz CT molecular complexity index is 799. The quantitative estimate of drug-likeness (QED) is 0.922. The first-order valence-electron chi connectivity index (χ1n) is 8.00. The predicted octanol–water partition coefficient (Wildman–Crippen LogP) is 1.96. The molecule has 0 aliphatic carbocycles. The molecule has 1 unspecified atom stereocenters. The van der Waals surface area contributed by atoms with Gasteiger partial charge in [-0.05, 0) is 49.2 Å². The molecule has 0 saturated carbocycles. The fourth-order valence-corrected chi connectivity index (χ4v) is 2.86. The second-order valence-electron chi connectivity index (χ2n) is 6.09. The first-order chi connectivity index (χ1) is 11.9. The number of carbonyl (C=O) groups is 2. The van der Waals surface area contributed by atoms with Gasteiger partial charge in [0.25, 0.3) is 11.8 Å². The molecular formula is C19H20N2O4. The normalized spacial score (nSPS) is 15.9. The van der Waals surface area contributed by atoms with Crippen molar-refractivity contribution in [1.82, 2.24) is 0 Å². The summed E-state index contributed by atoms with van der Waals surface area (Å²) < 4.78 is 11.2. The lowest BCUT2D eigenvalue weighted by Crippen LogP contribution is -2.50. The van der Waals surface area contributed by atoms with Crippen LogP contribution in [0.5, 0.6) is 11.5 Å². The van der Waals surface area contributed by atoms with Gasteiger partial charge in [0.1, 0.15) is 11.5 Å². The van der Waals surface area contributed by atoms with Crippen LogP contribution in [0.25, 0.3) is 0 Å². The van der Waals surface area contributed by atoms with Gasteiger partial charge in [-0.25, -0.2) is 0 Å². The maximum Gasteiger partial charge on any atom is 0.265 e. The molecule has 0 bridgehead atoms. The van der Waals surface area contributed by atoms with E-state index in [2.05, 4.69) is 0 Å². The van der Waals surface area contributed by atoms with Gasteiger partial charge >= 0.3 is 0 Å². The van der Waals surface area contributed by atoms with Gasteiger partial charge in [0.05, 0.1) is 12.2 Å². The van der Waals surface area contributed by atoms with Gasteiger partial charge in [0, 0.05) is 0 Å². The van der Waals surface area contributed by atoms with Crippen LogP contribution in [0.2, 0.25) is 0 Å². The van der Waals surface area contributed by atoms with Gasteiger partial charge in [-0.15, -0.1) is 0 Å². The van der Waals surface area contributed by atoms with Crippen LogP contribution in [-0.4, -0.2) is 31.1 Å². The second kappa shape index (κ2) is 6.84. The van der Waals surface area contributed by atoms with E-state index in [1.54, 1.807) is 24.3 Å². The molecular weight excluding hydrogens is 320 g/mol. The van der Waals surface area contributed by atoms with Crippen LogP contribution in [-0.2, 0) is 9.59 Å². The van der Waals surface area contributed by atoms with Gasteiger partial charge in [-0.1, -0.05) is 18.2 Å². The first kappa shape index (κ1) is 16.8. The maximum absolute atomic E-state index is 12.7. The van der Waals surface area contributed by atoms with Gasteiger partial charge in [0.2, 0.25) is 0 Å². The molecule has 2 N–H and O–H groups in total. The zero-order chi connectivity index (χ0) is 18.0. The SMILES string of the molecule is Cc1cc(C)cc(OCC(=O)N2CC(C(N)=O)Oc3ccccc32)c1. The molecule has 2 amide bonds. The Hall–Kier alpha value is -3.02. The average Bonchev–Trinajstić information content (AvgIpc) is 2.57. The third-order valence-corrected chi connectivity index (χ3v) is 3.95. The zero-order valence-corrected chi connectivity index (χ0v) is 14.2. The fourth-order valence-electron chi connectivity index (χ4n) is 2.86. The van der Waals surface area contributed by atoms with Gasteiger partial charge in [-0.2, -0.15) is 0 Å². The molecule has 1 aliphatic heterocycles. The van der Waals surface area contributed by atoms with E-state index in [0.29, 0.717) is 17.2 Å². The largest absolute Gasteiger partial charge is 0.484 e. The Labute approximate surface area is 146 Å². The molecule has 1 heterocycles. The van der Waals surface area contributed by atoms with E-state index in [1.165, 1.54) is 4.90 Å². The minimum Gasteiger partial charge on any atom is -0.484 e. The predicted molar refractivity (Wildman–Crippen MR) is 93.8 cm³/mol. The number of carbonyl (C=O) groups excluding carboxylic acids is 2. The molecule has 2 aromatic rings. The van der Waals surface area contributed by atoms with Crippen LogP contribution in [0.1, 0.15) is 11.1 Å². The molecule has 1 aliphatic rings.